The molecule has 1 aromatic rings. The zero-order chi connectivity index (χ0) is 9.35. The van der Waals surface area contributed by atoms with E-state index in [2.05, 4.69) is 20.9 Å². The molecule has 0 unspecified atom stereocenters. The predicted octanol–water partition coefficient (Wildman–Crippen LogP) is 0.800. The Labute approximate surface area is 79.0 Å². The van der Waals surface area contributed by atoms with E-state index in [1.165, 1.54) is 6.20 Å². The molecule has 0 aliphatic heterocycles. The number of aryl methyl sites for hydroxylation is 1. The summed E-state index contributed by atoms with van der Waals surface area (Å²) in [5.74, 6) is 0. The monoisotopic (exact) mass is 250 g/mol. The van der Waals surface area contributed by atoms with Gasteiger partial charge in [-0.15, -0.1) is 0 Å². The van der Waals surface area contributed by atoms with Gasteiger partial charge in [0.2, 0.25) is 10.0 Å². The predicted molar refractivity (Wildman–Crippen MR) is 48.0 cm³/mol. The van der Waals surface area contributed by atoms with Gasteiger partial charge >= 0.3 is 0 Å². The number of aromatic nitrogens is 1. The number of nitrogens with zero attached hydrogens (tertiary/aromatic N) is 1. The molecule has 4 nitrogen and oxygen atoms in total. The summed E-state index contributed by atoms with van der Waals surface area (Å²) >= 11 is 3.01. The van der Waals surface area contributed by atoms with Crippen molar-refractivity contribution < 1.29 is 8.42 Å². The third kappa shape index (κ3) is 1.82. The highest BCUT2D eigenvalue weighted by atomic mass is 79.9. The first-order chi connectivity index (χ1) is 5.43. The van der Waals surface area contributed by atoms with Crippen LogP contribution in [0.2, 0.25) is 0 Å². The molecular weight excluding hydrogens is 244 g/mol. The SMILES string of the molecule is Cc1ccnc(Br)c1S(N)(=O)=O. The summed E-state index contributed by atoms with van der Waals surface area (Å²) in [6.45, 7) is 1.66. The van der Waals surface area contributed by atoms with Crippen LogP contribution in [0.15, 0.2) is 21.8 Å². The molecular formula is C6H7BrN2O2S. The van der Waals surface area contributed by atoms with Crippen LogP contribution in [-0.2, 0) is 10.0 Å². The van der Waals surface area contributed by atoms with E-state index in [0.29, 0.717) is 5.56 Å². The van der Waals surface area contributed by atoms with Gasteiger partial charge in [-0.05, 0) is 34.5 Å². The molecule has 0 fully saturated rings. The van der Waals surface area contributed by atoms with E-state index in [9.17, 15) is 8.42 Å². The summed E-state index contributed by atoms with van der Waals surface area (Å²) < 4.78 is 22.2. The first kappa shape index (κ1) is 9.63. The Kier molecular flexibility index (Phi) is 2.50. The van der Waals surface area contributed by atoms with Crippen molar-refractivity contribution in [3.8, 4) is 0 Å². The van der Waals surface area contributed by atoms with Crippen molar-refractivity contribution in [1.82, 2.24) is 4.98 Å². The van der Waals surface area contributed by atoms with Crippen LogP contribution < -0.4 is 5.14 Å². The Morgan fingerprint density at radius 3 is 2.50 bits per heavy atom. The smallest absolute Gasteiger partial charge is 0.241 e. The highest BCUT2D eigenvalue weighted by Crippen LogP contribution is 2.20. The molecule has 0 saturated carbocycles. The van der Waals surface area contributed by atoms with Gasteiger partial charge in [0.05, 0.1) is 0 Å². The number of halogens is 1. The summed E-state index contributed by atoms with van der Waals surface area (Å²) in [5.41, 5.74) is 0.583. The molecule has 0 aliphatic rings. The van der Waals surface area contributed by atoms with Crippen LogP contribution in [0.1, 0.15) is 5.56 Å². The highest BCUT2D eigenvalue weighted by molar-refractivity contribution is 9.10. The number of pyridine rings is 1. The van der Waals surface area contributed by atoms with Crippen molar-refractivity contribution in [2.75, 3.05) is 0 Å². The molecule has 0 spiro atoms. The van der Waals surface area contributed by atoms with Gasteiger partial charge in [-0.2, -0.15) is 0 Å². The van der Waals surface area contributed by atoms with Crippen molar-refractivity contribution in [3.63, 3.8) is 0 Å². The highest BCUT2D eigenvalue weighted by Gasteiger charge is 2.15. The largest absolute Gasteiger partial charge is 0.248 e. The molecule has 6 heteroatoms. The maximum absolute atomic E-state index is 11.0. The van der Waals surface area contributed by atoms with Gasteiger partial charge in [0.15, 0.2) is 0 Å². The molecule has 0 amide bonds. The first-order valence-electron chi connectivity index (χ1n) is 3.07. The minimum Gasteiger partial charge on any atom is -0.248 e. The lowest BCUT2D eigenvalue weighted by Gasteiger charge is -2.03. The van der Waals surface area contributed by atoms with Gasteiger partial charge in [0.25, 0.3) is 0 Å². The molecule has 12 heavy (non-hydrogen) atoms. The van der Waals surface area contributed by atoms with E-state index in [-0.39, 0.29) is 9.50 Å². The number of sulfonamides is 1. The van der Waals surface area contributed by atoms with Crippen LogP contribution in [0.3, 0.4) is 0 Å². The lowest BCUT2D eigenvalue weighted by Crippen LogP contribution is -2.14. The lowest BCUT2D eigenvalue weighted by molar-refractivity contribution is 0.596. The van der Waals surface area contributed by atoms with Gasteiger partial charge in [-0.1, -0.05) is 0 Å². The summed E-state index contributed by atoms with van der Waals surface area (Å²) in [5, 5.41) is 4.96. The van der Waals surface area contributed by atoms with Crippen molar-refractivity contribution in [2.45, 2.75) is 11.8 Å². The minimum absolute atomic E-state index is 0.0463. The zero-order valence-corrected chi connectivity index (χ0v) is 8.68. The second kappa shape index (κ2) is 3.12. The Bertz CT molecular complexity index is 382. The lowest BCUT2D eigenvalue weighted by atomic mass is 10.3. The number of nitrogens with two attached hydrogens (primary N) is 1. The van der Waals surface area contributed by atoms with E-state index in [4.69, 9.17) is 5.14 Å². The summed E-state index contributed by atoms with van der Waals surface area (Å²) in [4.78, 5) is 3.81. The van der Waals surface area contributed by atoms with Crippen LogP contribution in [-0.4, -0.2) is 13.4 Å². The molecule has 1 rings (SSSR count). The molecule has 2 N–H and O–H groups in total. The van der Waals surface area contributed by atoms with Crippen molar-refractivity contribution in [2.24, 2.45) is 5.14 Å². The molecule has 1 aromatic heterocycles. The van der Waals surface area contributed by atoms with Crippen LogP contribution in [0, 0.1) is 6.92 Å². The van der Waals surface area contributed by atoms with Gasteiger partial charge in [0, 0.05) is 6.20 Å². The van der Waals surface area contributed by atoms with Crippen LogP contribution in [0.4, 0.5) is 0 Å². The van der Waals surface area contributed by atoms with E-state index < -0.39 is 10.0 Å². The first-order valence-corrected chi connectivity index (χ1v) is 5.41. The van der Waals surface area contributed by atoms with Gasteiger partial charge < -0.3 is 0 Å². The fraction of sp³-hybridized carbons (Fsp3) is 0.167. The average molecular weight is 251 g/mol. The Morgan fingerprint density at radius 1 is 1.58 bits per heavy atom. The fourth-order valence-electron chi connectivity index (χ4n) is 0.853. The fourth-order valence-corrected chi connectivity index (χ4v) is 2.77. The molecule has 0 bridgehead atoms. The number of hydrogen-bond acceptors (Lipinski definition) is 3. The molecule has 0 atom stereocenters. The second-order valence-corrected chi connectivity index (χ2v) is 4.54. The van der Waals surface area contributed by atoms with Gasteiger partial charge in [0.1, 0.15) is 9.50 Å². The van der Waals surface area contributed by atoms with E-state index in [1.54, 1.807) is 13.0 Å². The Morgan fingerprint density at radius 2 is 2.17 bits per heavy atom. The zero-order valence-electron chi connectivity index (χ0n) is 6.28. The topological polar surface area (TPSA) is 73.0 Å². The normalized spacial score (nSPS) is 11.6. The standard InChI is InChI=1S/C6H7BrN2O2S/c1-4-2-3-9-6(7)5(4)12(8,10)11/h2-3H,1H3,(H2,8,10,11). The van der Waals surface area contributed by atoms with Crippen molar-refractivity contribution >= 4 is 26.0 Å². The van der Waals surface area contributed by atoms with Gasteiger partial charge in [-0.3, -0.25) is 0 Å². The molecule has 66 valence electrons. The van der Waals surface area contributed by atoms with Crippen LogP contribution in [0.25, 0.3) is 0 Å². The quantitative estimate of drug-likeness (QED) is 0.750. The van der Waals surface area contributed by atoms with E-state index in [0.717, 1.165) is 0 Å². The molecule has 0 radical (unpaired) electrons. The maximum atomic E-state index is 11.0. The number of primary sulfonamides is 1. The molecule has 0 aliphatic carbocycles. The van der Waals surface area contributed by atoms with Crippen LogP contribution >= 0.6 is 15.9 Å². The maximum Gasteiger partial charge on any atom is 0.241 e. The van der Waals surface area contributed by atoms with E-state index >= 15 is 0 Å². The van der Waals surface area contributed by atoms with Crippen molar-refractivity contribution in [1.29, 1.82) is 0 Å². The average Bonchev–Trinajstić information content (AvgIpc) is 1.82. The number of hydrogen-bond donors (Lipinski definition) is 1. The van der Waals surface area contributed by atoms with E-state index in [1.807, 2.05) is 0 Å². The molecule has 0 saturated heterocycles. The third-order valence-electron chi connectivity index (χ3n) is 1.34. The third-order valence-corrected chi connectivity index (χ3v) is 3.29. The number of rotatable bonds is 1. The second-order valence-electron chi connectivity index (χ2n) is 2.29. The van der Waals surface area contributed by atoms with Crippen LogP contribution in [0.5, 0.6) is 0 Å². The van der Waals surface area contributed by atoms with Gasteiger partial charge in [-0.25, -0.2) is 18.5 Å². The summed E-state index contributed by atoms with van der Waals surface area (Å²) in [7, 11) is -3.67. The summed E-state index contributed by atoms with van der Waals surface area (Å²) in [6.07, 6.45) is 1.51. The molecule has 0 aromatic carbocycles. The summed E-state index contributed by atoms with van der Waals surface area (Å²) in [6, 6.07) is 1.59. The molecule has 1 heterocycles. The van der Waals surface area contributed by atoms with Crippen molar-refractivity contribution in [3.05, 3.63) is 22.4 Å². The Hall–Kier alpha value is -0.460. The Balaban J connectivity index is 3.53. The minimum atomic E-state index is -3.67.